The first kappa shape index (κ1) is 18.5. The van der Waals surface area contributed by atoms with Gasteiger partial charge in [0, 0.05) is 11.5 Å². The summed E-state index contributed by atoms with van der Waals surface area (Å²) in [6, 6.07) is 0. The summed E-state index contributed by atoms with van der Waals surface area (Å²) >= 11 is 0. The van der Waals surface area contributed by atoms with Gasteiger partial charge in [-0.1, -0.05) is 6.08 Å². The summed E-state index contributed by atoms with van der Waals surface area (Å²) < 4.78 is 10.5. The molecule has 2 aliphatic rings. The van der Waals surface area contributed by atoms with Crippen LogP contribution in [0.2, 0.25) is 0 Å². The molecule has 0 spiro atoms. The lowest BCUT2D eigenvalue weighted by Gasteiger charge is -2.42. The molecule has 4 unspecified atom stereocenters. The Hall–Kier alpha value is -1.85. The van der Waals surface area contributed by atoms with Gasteiger partial charge in [0.15, 0.2) is 0 Å². The Labute approximate surface area is 142 Å². The van der Waals surface area contributed by atoms with Crippen LogP contribution < -0.4 is 0 Å². The fourth-order valence-electron chi connectivity index (χ4n) is 3.78. The average molecular weight is 338 g/mol. The molecule has 2 bridgehead atoms. The number of hydrogen-bond donors (Lipinski definition) is 1. The van der Waals surface area contributed by atoms with Gasteiger partial charge in [-0.15, -0.1) is 0 Å². The van der Waals surface area contributed by atoms with Gasteiger partial charge in [-0.3, -0.25) is 9.59 Å². The molecule has 1 N–H and O–H groups in total. The van der Waals surface area contributed by atoms with E-state index in [9.17, 15) is 19.5 Å². The summed E-state index contributed by atoms with van der Waals surface area (Å²) in [5.74, 6) is -3.38. The van der Waals surface area contributed by atoms with E-state index in [-0.39, 0.29) is 24.4 Å². The lowest BCUT2D eigenvalue weighted by atomic mass is 9.61. The number of carbonyl (C=O) groups is 3. The standard InChI is InChI=1S/C18H26O6/c1-5-23-17(22)12-7-6-10-8-11(16(21)24-18(2,3)4)9-13(12)14(10)15(19)20/h7,10-11,13-14H,5-6,8-9H2,1-4H3,(H,19,20). The molecule has 1 fully saturated rings. The third kappa shape index (κ3) is 3.97. The lowest BCUT2D eigenvalue weighted by molar-refractivity contribution is -0.166. The van der Waals surface area contributed by atoms with Crippen LogP contribution in [0.5, 0.6) is 0 Å². The Balaban J connectivity index is 2.24. The minimum absolute atomic E-state index is 0.156. The Bertz CT molecular complexity index is 556. The van der Waals surface area contributed by atoms with Gasteiger partial charge in [0.25, 0.3) is 0 Å². The maximum absolute atomic E-state index is 12.4. The topological polar surface area (TPSA) is 89.9 Å². The van der Waals surface area contributed by atoms with E-state index in [1.165, 1.54) is 0 Å². The predicted molar refractivity (Wildman–Crippen MR) is 86.0 cm³/mol. The summed E-state index contributed by atoms with van der Waals surface area (Å²) in [6.07, 6.45) is 3.06. The van der Waals surface area contributed by atoms with Crippen molar-refractivity contribution in [2.75, 3.05) is 6.61 Å². The van der Waals surface area contributed by atoms with Gasteiger partial charge in [-0.25, -0.2) is 4.79 Å². The maximum Gasteiger partial charge on any atom is 0.333 e. The first-order valence-corrected chi connectivity index (χ1v) is 8.46. The second-order valence-corrected chi connectivity index (χ2v) is 7.55. The zero-order chi connectivity index (χ0) is 18.1. The molecule has 0 aliphatic heterocycles. The zero-order valence-corrected chi connectivity index (χ0v) is 14.7. The largest absolute Gasteiger partial charge is 0.481 e. The number of rotatable bonds is 4. The Kier molecular flexibility index (Phi) is 5.35. The monoisotopic (exact) mass is 338 g/mol. The van der Waals surface area contributed by atoms with Crippen molar-refractivity contribution in [1.29, 1.82) is 0 Å². The lowest BCUT2D eigenvalue weighted by Crippen LogP contribution is -2.45. The van der Waals surface area contributed by atoms with Crippen molar-refractivity contribution in [2.45, 2.75) is 52.6 Å². The first-order valence-electron chi connectivity index (χ1n) is 8.46. The first-order chi connectivity index (χ1) is 11.1. The molecule has 1 saturated carbocycles. The normalized spacial score (nSPS) is 29.4. The number of carboxylic acids is 1. The number of ether oxygens (including phenoxy) is 2. The van der Waals surface area contributed by atoms with Gasteiger partial charge in [0.05, 0.1) is 18.4 Å². The zero-order valence-electron chi connectivity index (χ0n) is 14.7. The number of esters is 2. The maximum atomic E-state index is 12.4. The van der Waals surface area contributed by atoms with Gasteiger partial charge in [0.1, 0.15) is 5.60 Å². The van der Waals surface area contributed by atoms with Crippen LogP contribution in [0.25, 0.3) is 0 Å². The van der Waals surface area contributed by atoms with E-state index in [0.29, 0.717) is 24.8 Å². The van der Waals surface area contributed by atoms with Gasteiger partial charge < -0.3 is 14.6 Å². The Morgan fingerprint density at radius 3 is 2.46 bits per heavy atom. The smallest absolute Gasteiger partial charge is 0.333 e. The SMILES string of the molecule is CCOC(=O)C1=CCC2CC(C(=O)OC(C)(C)C)CC1C2C(=O)O. The third-order valence-electron chi connectivity index (χ3n) is 4.64. The molecule has 0 aromatic heterocycles. The number of allylic oxidation sites excluding steroid dienone is 1. The molecule has 2 aliphatic carbocycles. The van der Waals surface area contributed by atoms with Gasteiger partial charge in [0.2, 0.25) is 0 Å². The molecule has 0 radical (unpaired) electrons. The highest BCUT2D eigenvalue weighted by Crippen LogP contribution is 2.48. The summed E-state index contributed by atoms with van der Waals surface area (Å²) in [7, 11) is 0. The highest BCUT2D eigenvalue weighted by molar-refractivity contribution is 5.91. The molecule has 4 atom stereocenters. The van der Waals surface area contributed by atoms with Gasteiger partial charge in [-0.2, -0.15) is 0 Å². The van der Waals surface area contributed by atoms with E-state index in [0.717, 1.165) is 0 Å². The van der Waals surface area contributed by atoms with Crippen molar-refractivity contribution >= 4 is 17.9 Å². The van der Waals surface area contributed by atoms with Crippen molar-refractivity contribution < 1.29 is 29.0 Å². The summed E-state index contributed by atoms with van der Waals surface area (Å²) in [5.41, 5.74) is -0.191. The average Bonchev–Trinajstić information content (AvgIpc) is 2.44. The van der Waals surface area contributed by atoms with Crippen molar-refractivity contribution in [2.24, 2.45) is 23.7 Å². The van der Waals surface area contributed by atoms with Crippen molar-refractivity contribution in [3.63, 3.8) is 0 Å². The fraction of sp³-hybridized carbons (Fsp3) is 0.722. The molecule has 0 aromatic rings. The van der Waals surface area contributed by atoms with Crippen LogP contribution in [-0.4, -0.2) is 35.2 Å². The molecule has 6 nitrogen and oxygen atoms in total. The highest BCUT2D eigenvalue weighted by atomic mass is 16.6. The molecule has 6 heteroatoms. The number of fused-ring (bicyclic) bond motifs is 2. The van der Waals surface area contributed by atoms with Crippen molar-refractivity contribution in [3.05, 3.63) is 11.6 Å². The third-order valence-corrected chi connectivity index (χ3v) is 4.64. The number of aliphatic carboxylic acids is 1. The number of carbonyl (C=O) groups excluding carboxylic acids is 2. The molecule has 134 valence electrons. The van der Waals surface area contributed by atoms with Crippen LogP contribution in [0.4, 0.5) is 0 Å². The van der Waals surface area contributed by atoms with Crippen LogP contribution in [0.15, 0.2) is 11.6 Å². The predicted octanol–water partition coefficient (Wildman–Crippen LogP) is 2.56. The fourth-order valence-corrected chi connectivity index (χ4v) is 3.78. The number of hydrogen-bond acceptors (Lipinski definition) is 5. The number of carboxylic acid groups (broad SMARTS) is 1. The molecule has 2 rings (SSSR count). The van der Waals surface area contributed by atoms with Crippen LogP contribution in [0, 0.1) is 23.7 Å². The minimum Gasteiger partial charge on any atom is -0.481 e. The van der Waals surface area contributed by atoms with Crippen LogP contribution in [0.3, 0.4) is 0 Å². The molecule has 0 amide bonds. The molecular weight excluding hydrogens is 312 g/mol. The summed E-state index contributed by atoms with van der Waals surface area (Å²) in [6.45, 7) is 7.36. The van der Waals surface area contributed by atoms with E-state index in [4.69, 9.17) is 9.47 Å². The quantitative estimate of drug-likeness (QED) is 0.792. The molecule has 0 heterocycles. The molecule has 0 saturated heterocycles. The Morgan fingerprint density at radius 2 is 1.92 bits per heavy atom. The molecule has 0 aromatic carbocycles. The van der Waals surface area contributed by atoms with Crippen LogP contribution in [-0.2, 0) is 23.9 Å². The van der Waals surface area contributed by atoms with E-state index in [1.54, 1.807) is 33.8 Å². The van der Waals surface area contributed by atoms with E-state index >= 15 is 0 Å². The van der Waals surface area contributed by atoms with E-state index < -0.39 is 29.4 Å². The highest BCUT2D eigenvalue weighted by Gasteiger charge is 2.49. The summed E-state index contributed by atoms with van der Waals surface area (Å²) in [4.78, 5) is 36.3. The second-order valence-electron chi connectivity index (χ2n) is 7.55. The van der Waals surface area contributed by atoms with Crippen LogP contribution in [0.1, 0.15) is 47.0 Å². The second kappa shape index (κ2) is 6.95. The van der Waals surface area contributed by atoms with E-state index in [2.05, 4.69) is 0 Å². The van der Waals surface area contributed by atoms with Crippen molar-refractivity contribution in [3.8, 4) is 0 Å². The van der Waals surface area contributed by atoms with Gasteiger partial charge >= 0.3 is 17.9 Å². The summed E-state index contributed by atoms with van der Waals surface area (Å²) in [5, 5.41) is 9.59. The molecular formula is C18H26O6. The minimum atomic E-state index is -0.914. The van der Waals surface area contributed by atoms with Crippen molar-refractivity contribution in [1.82, 2.24) is 0 Å². The molecule has 24 heavy (non-hydrogen) atoms. The van der Waals surface area contributed by atoms with Crippen LogP contribution >= 0.6 is 0 Å². The Morgan fingerprint density at radius 1 is 1.25 bits per heavy atom. The van der Waals surface area contributed by atoms with Gasteiger partial charge in [-0.05, 0) is 52.9 Å². The van der Waals surface area contributed by atoms with E-state index in [1.807, 2.05) is 0 Å².